The third-order valence-electron chi connectivity index (χ3n) is 3.42. The number of hydrogen-bond donors (Lipinski definition) is 0. The first-order valence-electron chi connectivity index (χ1n) is 6.80. The summed E-state index contributed by atoms with van der Waals surface area (Å²) in [6, 6.07) is 23.1. The molecule has 0 atom stereocenters. The molecule has 22 heavy (non-hydrogen) atoms. The fourth-order valence-corrected chi connectivity index (χ4v) is 2.96. The molecule has 0 heterocycles. The zero-order valence-corrected chi connectivity index (χ0v) is 14.8. The van der Waals surface area contributed by atoms with Crippen LogP contribution in [-0.2, 0) is 0 Å². The molecular weight excluding hydrogens is 404 g/mol. The first kappa shape index (κ1) is 15.2. The van der Waals surface area contributed by atoms with Crippen molar-refractivity contribution < 1.29 is 4.79 Å². The monoisotopic (exact) mass is 414 g/mol. The van der Waals surface area contributed by atoms with Gasteiger partial charge in [0.2, 0.25) is 0 Å². The van der Waals surface area contributed by atoms with Crippen LogP contribution in [0.15, 0.2) is 81.7 Å². The number of rotatable bonds is 3. The zero-order valence-electron chi connectivity index (χ0n) is 11.6. The van der Waals surface area contributed by atoms with E-state index in [1.807, 2.05) is 72.8 Å². The van der Waals surface area contributed by atoms with Gasteiger partial charge in [-0.15, -0.1) is 0 Å². The van der Waals surface area contributed by atoms with Crippen LogP contribution in [0.4, 0.5) is 0 Å². The first-order chi connectivity index (χ1) is 10.6. The number of hydrogen-bond acceptors (Lipinski definition) is 1. The van der Waals surface area contributed by atoms with E-state index in [0.29, 0.717) is 11.1 Å². The summed E-state index contributed by atoms with van der Waals surface area (Å²) in [5, 5.41) is 0. The fourth-order valence-electron chi connectivity index (χ4n) is 2.33. The molecule has 0 unspecified atom stereocenters. The van der Waals surface area contributed by atoms with Gasteiger partial charge in [-0.1, -0.05) is 80.4 Å². The van der Waals surface area contributed by atoms with Gasteiger partial charge < -0.3 is 0 Å². The lowest BCUT2D eigenvalue weighted by Gasteiger charge is -2.10. The van der Waals surface area contributed by atoms with Crippen LogP contribution in [0.3, 0.4) is 0 Å². The lowest BCUT2D eigenvalue weighted by Crippen LogP contribution is -2.03. The second-order valence-corrected chi connectivity index (χ2v) is 6.72. The molecule has 0 amide bonds. The third kappa shape index (κ3) is 3.21. The zero-order chi connectivity index (χ0) is 15.5. The van der Waals surface area contributed by atoms with Crippen molar-refractivity contribution in [3.8, 4) is 11.1 Å². The molecule has 0 aliphatic carbocycles. The molecule has 3 heteroatoms. The van der Waals surface area contributed by atoms with Crippen LogP contribution >= 0.6 is 31.9 Å². The van der Waals surface area contributed by atoms with E-state index in [4.69, 9.17) is 0 Å². The summed E-state index contributed by atoms with van der Waals surface area (Å²) in [5.74, 6) is 0.0276. The van der Waals surface area contributed by atoms with E-state index in [9.17, 15) is 4.79 Å². The molecule has 0 radical (unpaired) electrons. The van der Waals surface area contributed by atoms with Crippen molar-refractivity contribution in [2.24, 2.45) is 0 Å². The minimum absolute atomic E-state index is 0.0276. The molecule has 0 aromatic heterocycles. The summed E-state index contributed by atoms with van der Waals surface area (Å²) in [5.41, 5.74) is 3.35. The van der Waals surface area contributed by atoms with Gasteiger partial charge in [0, 0.05) is 20.1 Å². The highest BCUT2D eigenvalue weighted by molar-refractivity contribution is 9.10. The molecule has 0 aliphatic heterocycles. The molecule has 0 N–H and O–H groups in total. The van der Waals surface area contributed by atoms with E-state index < -0.39 is 0 Å². The van der Waals surface area contributed by atoms with Gasteiger partial charge in [-0.3, -0.25) is 4.79 Å². The maximum absolute atomic E-state index is 12.8. The third-order valence-corrected chi connectivity index (χ3v) is 4.44. The maximum atomic E-state index is 12.8. The van der Waals surface area contributed by atoms with E-state index in [2.05, 4.69) is 31.9 Å². The number of carbonyl (C=O) groups excluding carboxylic acids is 1. The normalized spacial score (nSPS) is 10.5. The Labute approximate surface area is 146 Å². The smallest absolute Gasteiger partial charge is 0.193 e. The molecule has 3 aromatic carbocycles. The molecule has 108 valence electrons. The average Bonchev–Trinajstić information content (AvgIpc) is 2.56. The second kappa shape index (κ2) is 6.59. The van der Waals surface area contributed by atoms with Crippen LogP contribution in [0.2, 0.25) is 0 Å². The predicted octanol–water partition coefficient (Wildman–Crippen LogP) is 6.11. The SMILES string of the molecule is O=C(c1ccccc1)c1cc(Br)ccc1-c1ccc(Br)cc1. The van der Waals surface area contributed by atoms with Crippen molar-refractivity contribution >= 4 is 37.6 Å². The standard InChI is InChI=1S/C19H12Br2O/c20-15-8-6-13(7-9-15)17-11-10-16(21)12-18(17)19(22)14-4-2-1-3-5-14/h1-12H. The predicted molar refractivity (Wildman–Crippen MR) is 97.2 cm³/mol. The fraction of sp³-hybridized carbons (Fsp3) is 0. The molecule has 0 bridgehead atoms. The Balaban J connectivity index is 2.13. The highest BCUT2D eigenvalue weighted by Crippen LogP contribution is 2.29. The second-order valence-electron chi connectivity index (χ2n) is 4.89. The Morgan fingerprint density at radius 1 is 0.727 bits per heavy atom. The summed E-state index contributed by atoms with van der Waals surface area (Å²) in [7, 11) is 0. The Bertz CT molecular complexity index is 809. The largest absolute Gasteiger partial charge is 0.289 e. The molecule has 3 rings (SSSR count). The lowest BCUT2D eigenvalue weighted by atomic mass is 9.94. The maximum Gasteiger partial charge on any atom is 0.193 e. The average molecular weight is 416 g/mol. The Morgan fingerprint density at radius 2 is 1.36 bits per heavy atom. The van der Waals surface area contributed by atoms with Gasteiger partial charge in [0.15, 0.2) is 5.78 Å². The van der Waals surface area contributed by atoms with Crippen molar-refractivity contribution in [2.45, 2.75) is 0 Å². The van der Waals surface area contributed by atoms with Crippen molar-refractivity contribution in [3.05, 3.63) is 92.9 Å². The molecule has 0 aliphatic rings. The van der Waals surface area contributed by atoms with Crippen molar-refractivity contribution in [1.29, 1.82) is 0 Å². The number of benzene rings is 3. The summed E-state index contributed by atoms with van der Waals surface area (Å²) >= 11 is 6.90. The number of carbonyl (C=O) groups is 1. The van der Waals surface area contributed by atoms with Gasteiger partial charge in [0.1, 0.15) is 0 Å². The van der Waals surface area contributed by atoms with E-state index in [1.54, 1.807) is 0 Å². The van der Waals surface area contributed by atoms with E-state index in [0.717, 1.165) is 20.1 Å². The minimum atomic E-state index is 0.0276. The topological polar surface area (TPSA) is 17.1 Å². The summed E-state index contributed by atoms with van der Waals surface area (Å²) in [6.45, 7) is 0. The Hall–Kier alpha value is -1.71. The van der Waals surface area contributed by atoms with E-state index in [-0.39, 0.29) is 5.78 Å². The van der Waals surface area contributed by atoms with Gasteiger partial charge in [0.25, 0.3) is 0 Å². The first-order valence-corrected chi connectivity index (χ1v) is 8.39. The molecular formula is C19H12Br2O. The summed E-state index contributed by atoms with van der Waals surface area (Å²) in [4.78, 5) is 12.8. The van der Waals surface area contributed by atoms with Gasteiger partial charge in [0.05, 0.1) is 0 Å². The summed E-state index contributed by atoms with van der Waals surface area (Å²) in [6.07, 6.45) is 0. The van der Waals surface area contributed by atoms with Crippen molar-refractivity contribution in [3.63, 3.8) is 0 Å². The molecule has 0 fully saturated rings. The molecule has 3 aromatic rings. The summed E-state index contributed by atoms with van der Waals surface area (Å²) < 4.78 is 1.91. The van der Waals surface area contributed by atoms with Gasteiger partial charge in [-0.05, 0) is 35.4 Å². The van der Waals surface area contributed by atoms with Gasteiger partial charge >= 0.3 is 0 Å². The molecule has 0 saturated carbocycles. The van der Waals surface area contributed by atoms with Crippen LogP contribution in [0, 0.1) is 0 Å². The van der Waals surface area contributed by atoms with E-state index in [1.165, 1.54) is 0 Å². The highest BCUT2D eigenvalue weighted by atomic mass is 79.9. The number of ketones is 1. The van der Waals surface area contributed by atoms with E-state index >= 15 is 0 Å². The highest BCUT2D eigenvalue weighted by Gasteiger charge is 2.15. The van der Waals surface area contributed by atoms with Crippen LogP contribution in [-0.4, -0.2) is 5.78 Å². The van der Waals surface area contributed by atoms with Crippen LogP contribution < -0.4 is 0 Å². The quantitative estimate of drug-likeness (QED) is 0.471. The van der Waals surface area contributed by atoms with Crippen LogP contribution in [0.25, 0.3) is 11.1 Å². The van der Waals surface area contributed by atoms with Gasteiger partial charge in [-0.25, -0.2) is 0 Å². The number of halogens is 2. The van der Waals surface area contributed by atoms with Crippen LogP contribution in [0.1, 0.15) is 15.9 Å². The molecule has 0 saturated heterocycles. The Kier molecular flexibility index (Phi) is 4.55. The van der Waals surface area contributed by atoms with Gasteiger partial charge in [-0.2, -0.15) is 0 Å². The molecule has 1 nitrogen and oxygen atoms in total. The minimum Gasteiger partial charge on any atom is -0.289 e. The van der Waals surface area contributed by atoms with Crippen LogP contribution in [0.5, 0.6) is 0 Å². The molecule has 0 spiro atoms. The lowest BCUT2D eigenvalue weighted by molar-refractivity contribution is 0.103. The Morgan fingerprint density at radius 3 is 2.05 bits per heavy atom. The van der Waals surface area contributed by atoms with Crippen molar-refractivity contribution in [1.82, 2.24) is 0 Å². The van der Waals surface area contributed by atoms with Crippen molar-refractivity contribution in [2.75, 3.05) is 0 Å².